The maximum Gasteiger partial charge on any atom is 0.257 e. The van der Waals surface area contributed by atoms with Gasteiger partial charge in [0.2, 0.25) is 0 Å². The van der Waals surface area contributed by atoms with Crippen LogP contribution < -0.4 is 5.73 Å². The van der Waals surface area contributed by atoms with Crippen molar-refractivity contribution in [3.63, 3.8) is 0 Å². The number of benzene rings is 1. The summed E-state index contributed by atoms with van der Waals surface area (Å²) in [5.74, 6) is 1.80. The van der Waals surface area contributed by atoms with E-state index in [1.165, 1.54) is 11.1 Å². The molecule has 1 unspecified atom stereocenters. The Morgan fingerprint density at radius 2 is 2.18 bits per heavy atom. The van der Waals surface area contributed by atoms with Gasteiger partial charge in [-0.2, -0.15) is 4.98 Å². The summed E-state index contributed by atoms with van der Waals surface area (Å²) >= 11 is 0. The molecule has 0 fully saturated rings. The Labute approximate surface area is 127 Å². The second kappa shape index (κ2) is 5.38. The highest BCUT2D eigenvalue weighted by atomic mass is 16.5. The van der Waals surface area contributed by atoms with Gasteiger partial charge in [0.1, 0.15) is 5.76 Å². The Balaban J connectivity index is 1.62. The Hall–Kier alpha value is -2.47. The van der Waals surface area contributed by atoms with Gasteiger partial charge >= 0.3 is 0 Å². The standard InChI is InChI=1S/C16H16N4O2/c17-14-3-1-2-10-4-5-11(8-13(10)14)16-19-15(20-22-16)9-12-6-7-18-21-12/h4-8,14H,1-3,9,17H2. The van der Waals surface area contributed by atoms with Gasteiger partial charge in [-0.15, -0.1) is 0 Å². The van der Waals surface area contributed by atoms with E-state index in [2.05, 4.69) is 27.4 Å². The maximum atomic E-state index is 6.20. The lowest BCUT2D eigenvalue weighted by atomic mass is 9.87. The van der Waals surface area contributed by atoms with Gasteiger partial charge in [-0.3, -0.25) is 0 Å². The number of rotatable bonds is 3. The van der Waals surface area contributed by atoms with Crippen LogP contribution in [0, 0.1) is 0 Å². The molecule has 112 valence electrons. The zero-order valence-electron chi connectivity index (χ0n) is 12.0. The monoisotopic (exact) mass is 296 g/mol. The molecule has 6 heteroatoms. The molecule has 0 saturated heterocycles. The van der Waals surface area contributed by atoms with Crippen molar-refractivity contribution in [3.8, 4) is 11.5 Å². The first-order valence-electron chi connectivity index (χ1n) is 7.40. The number of nitrogens with zero attached hydrogens (tertiary/aromatic N) is 3. The van der Waals surface area contributed by atoms with Crippen LogP contribution in [0.25, 0.3) is 11.5 Å². The molecule has 6 nitrogen and oxygen atoms in total. The van der Waals surface area contributed by atoms with Crippen molar-refractivity contribution in [1.82, 2.24) is 15.3 Å². The van der Waals surface area contributed by atoms with Gasteiger partial charge in [-0.05, 0) is 42.5 Å². The Morgan fingerprint density at radius 1 is 1.23 bits per heavy atom. The first kappa shape index (κ1) is 13.2. The predicted molar refractivity (Wildman–Crippen MR) is 78.9 cm³/mol. The Kier molecular flexibility index (Phi) is 3.23. The summed E-state index contributed by atoms with van der Waals surface area (Å²) in [5, 5.41) is 7.66. The quantitative estimate of drug-likeness (QED) is 0.799. The molecule has 2 heterocycles. The van der Waals surface area contributed by atoms with Crippen LogP contribution in [0.3, 0.4) is 0 Å². The normalized spacial score (nSPS) is 17.4. The molecule has 0 aliphatic heterocycles. The molecule has 0 amide bonds. The lowest BCUT2D eigenvalue weighted by Crippen LogP contribution is -2.17. The first-order chi connectivity index (χ1) is 10.8. The molecular weight excluding hydrogens is 280 g/mol. The van der Waals surface area contributed by atoms with Crippen molar-refractivity contribution in [2.24, 2.45) is 5.73 Å². The fourth-order valence-electron chi connectivity index (χ4n) is 2.90. The summed E-state index contributed by atoms with van der Waals surface area (Å²) in [5.41, 5.74) is 9.63. The van der Waals surface area contributed by atoms with E-state index in [-0.39, 0.29) is 6.04 Å². The molecule has 0 spiro atoms. The van der Waals surface area contributed by atoms with Gasteiger partial charge in [0.25, 0.3) is 5.89 Å². The van der Waals surface area contributed by atoms with Crippen molar-refractivity contribution in [2.45, 2.75) is 31.7 Å². The van der Waals surface area contributed by atoms with Gasteiger partial charge in [-0.1, -0.05) is 16.4 Å². The highest BCUT2D eigenvalue weighted by Crippen LogP contribution is 2.31. The second-order valence-electron chi connectivity index (χ2n) is 5.58. The highest BCUT2D eigenvalue weighted by molar-refractivity contribution is 5.56. The van der Waals surface area contributed by atoms with Crippen molar-refractivity contribution < 1.29 is 9.05 Å². The van der Waals surface area contributed by atoms with Crippen LogP contribution in [-0.2, 0) is 12.8 Å². The number of aromatic nitrogens is 3. The molecule has 1 aliphatic carbocycles. The number of fused-ring (bicyclic) bond motifs is 1. The third kappa shape index (κ3) is 2.42. The van der Waals surface area contributed by atoms with Crippen molar-refractivity contribution in [3.05, 3.63) is 53.2 Å². The van der Waals surface area contributed by atoms with E-state index in [9.17, 15) is 0 Å². The summed E-state index contributed by atoms with van der Waals surface area (Å²) in [6.45, 7) is 0. The molecule has 3 aromatic rings. The summed E-state index contributed by atoms with van der Waals surface area (Å²) in [4.78, 5) is 4.42. The third-order valence-corrected chi connectivity index (χ3v) is 4.05. The van der Waals surface area contributed by atoms with Crippen molar-refractivity contribution in [1.29, 1.82) is 0 Å². The SMILES string of the molecule is NC1CCCc2ccc(-c3nc(Cc4ccno4)no3)cc21. The summed E-state index contributed by atoms with van der Waals surface area (Å²) in [6, 6.07) is 8.09. The molecule has 0 bridgehead atoms. The van der Waals surface area contributed by atoms with Crippen molar-refractivity contribution >= 4 is 0 Å². The number of hydrogen-bond donors (Lipinski definition) is 1. The van der Waals surface area contributed by atoms with Gasteiger partial charge in [0.05, 0.1) is 12.6 Å². The molecule has 1 aliphatic rings. The average Bonchev–Trinajstić information content (AvgIpc) is 3.20. The summed E-state index contributed by atoms with van der Waals surface area (Å²) in [6.07, 6.45) is 5.32. The van der Waals surface area contributed by atoms with Crippen LogP contribution in [0.4, 0.5) is 0 Å². The molecule has 22 heavy (non-hydrogen) atoms. The Bertz CT molecular complexity index is 779. The van der Waals surface area contributed by atoms with E-state index in [1.54, 1.807) is 12.3 Å². The van der Waals surface area contributed by atoms with E-state index in [0.717, 1.165) is 24.8 Å². The van der Waals surface area contributed by atoms with E-state index >= 15 is 0 Å². The van der Waals surface area contributed by atoms with Crippen molar-refractivity contribution in [2.75, 3.05) is 0 Å². The lowest BCUT2D eigenvalue weighted by Gasteiger charge is -2.22. The van der Waals surface area contributed by atoms with Crippen LogP contribution in [0.15, 0.2) is 39.5 Å². The van der Waals surface area contributed by atoms with Crippen LogP contribution in [0.1, 0.15) is 41.6 Å². The molecular formula is C16H16N4O2. The first-order valence-corrected chi connectivity index (χ1v) is 7.40. The van der Waals surface area contributed by atoms with E-state index in [1.807, 2.05) is 6.07 Å². The smallest absolute Gasteiger partial charge is 0.257 e. The second-order valence-corrected chi connectivity index (χ2v) is 5.58. The molecule has 0 radical (unpaired) electrons. The Morgan fingerprint density at radius 3 is 3.05 bits per heavy atom. The molecule has 1 atom stereocenters. The van der Waals surface area contributed by atoms with E-state index in [0.29, 0.717) is 23.9 Å². The van der Waals surface area contributed by atoms with E-state index in [4.69, 9.17) is 14.8 Å². The van der Waals surface area contributed by atoms with Gasteiger partial charge in [0.15, 0.2) is 5.82 Å². The van der Waals surface area contributed by atoms with Crippen LogP contribution >= 0.6 is 0 Å². The lowest BCUT2D eigenvalue weighted by molar-refractivity contribution is 0.382. The summed E-state index contributed by atoms with van der Waals surface area (Å²) in [7, 11) is 0. The zero-order valence-corrected chi connectivity index (χ0v) is 12.0. The molecule has 2 aromatic heterocycles. The molecule has 0 saturated carbocycles. The number of nitrogens with two attached hydrogens (primary N) is 1. The van der Waals surface area contributed by atoms with Gasteiger partial charge in [0, 0.05) is 17.7 Å². The number of hydrogen-bond acceptors (Lipinski definition) is 6. The predicted octanol–water partition coefficient (Wildman–Crippen LogP) is 2.65. The topological polar surface area (TPSA) is 91.0 Å². The van der Waals surface area contributed by atoms with Crippen LogP contribution in [-0.4, -0.2) is 15.3 Å². The maximum absolute atomic E-state index is 6.20. The van der Waals surface area contributed by atoms with Gasteiger partial charge in [-0.25, -0.2) is 0 Å². The van der Waals surface area contributed by atoms with Crippen LogP contribution in [0.2, 0.25) is 0 Å². The minimum Gasteiger partial charge on any atom is -0.361 e. The zero-order chi connectivity index (χ0) is 14.9. The molecule has 2 N–H and O–H groups in total. The fourth-order valence-corrected chi connectivity index (χ4v) is 2.90. The highest BCUT2D eigenvalue weighted by Gasteiger charge is 2.19. The fraction of sp³-hybridized carbons (Fsp3) is 0.312. The minimum atomic E-state index is 0.0975. The largest absolute Gasteiger partial charge is 0.361 e. The number of aryl methyl sites for hydroxylation is 1. The third-order valence-electron chi connectivity index (χ3n) is 4.05. The van der Waals surface area contributed by atoms with Gasteiger partial charge < -0.3 is 14.8 Å². The van der Waals surface area contributed by atoms with Crippen LogP contribution in [0.5, 0.6) is 0 Å². The minimum absolute atomic E-state index is 0.0975. The molecule has 4 rings (SSSR count). The van der Waals surface area contributed by atoms with E-state index < -0.39 is 0 Å². The summed E-state index contributed by atoms with van der Waals surface area (Å²) < 4.78 is 10.4. The molecule has 1 aromatic carbocycles. The average molecular weight is 296 g/mol.